The molecule has 0 unspecified atom stereocenters. The van der Waals surface area contributed by atoms with E-state index in [4.69, 9.17) is 0 Å². The van der Waals surface area contributed by atoms with Gasteiger partial charge < -0.3 is 9.88 Å². The summed E-state index contributed by atoms with van der Waals surface area (Å²) in [5, 5.41) is 2.79. The topological polar surface area (TPSA) is 88.5 Å². The van der Waals surface area contributed by atoms with Crippen molar-refractivity contribution >= 4 is 21.6 Å². The van der Waals surface area contributed by atoms with Crippen molar-refractivity contribution in [1.29, 1.82) is 0 Å². The molecule has 2 rings (SSSR count). The van der Waals surface area contributed by atoms with Gasteiger partial charge in [0.25, 0.3) is 5.56 Å². The van der Waals surface area contributed by atoms with E-state index in [9.17, 15) is 18.0 Å². The first-order valence-corrected chi connectivity index (χ1v) is 9.58. The standard InChI is InChI=1S/C18H23N3O4S/c1-13(2)15-7-5-6-8-16(15)19-17(22)12-21-11-14(9-10-18(21)23)26(24,25)20(3)4/h5-11,13H,12H2,1-4H3,(H,19,22). The molecule has 0 aliphatic rings. The van der Waals surface area contributed by atoms with E-state index in [0.717, 1.165) is 20.5 Å². The number of nitrogens with one attached hydrogen (secondary N) is 1. The second-order valence-electron chi connectivity index (χ2n) is 6.41. The fourth-order valence-corrected chi connectivity index (χ4v) is 3.38. The van der Waals surface area contributed by atoms with Crippen LogP contribution in [0.2, 0.25) is 0 Å². The number of benzene rings is 1. The fraction of sp³-hybridized carbons (Fsp3) is 0.333. The van der Waals surface area contributed by atoms with Crippen molar-refractivity contribution in [2.75, 3.05) is 19.4 Å². The molecule has 0 saturated heterocycles. The molecule has 8 heteroatoms. The number of carbonyl (C=O) groups is 1. The van der Waals surface area contributed by atoms with Gasteiger partial charge in [0.05, 0.1) is 4.90 Å². The molecule has 1 aromatic carbocycles. The van der Waals surface area contributed by atoms with Gasteiger partial charge in [0.1, 0.15) is 6.54 Å². The Morgan fingerprint density at radius 2 is 1.81 bits per heavy atom. The Morgan fingerprint density at radius 3 is 2.42 bits per heavy atom. The van der Waals surface area contributed by atoms with E-state index in [2.05, 4.69) is 5.32 Å². The number of carbonyl (C=O) groups excluding carboxylic acids is 1. The molecule has 1 aromatic heterocycles. The molecule has 140 valence electrons. The van der Waals surface area contributed by atoms with Crippen LogP contribution in [0.3, 0.4) is 0 Å². The quantitative estimate of drug-likeness (QED) is 0.832. The zero-order valence-electron chi connectivity index (χ0n) is 15.3. The predicted molar refractivity (Wildman–Crippen MR) is 101 cm³/mol. The third-order valence-electron chi connectivity index (χ3n) is 3.91. The molecule has 1 heterocycles. The molecule has 2 aromatic rings. The van der Waals surface area contributed by atoms with Crippen LogP contribution in [0, 0.1) is 0 Å². The van der Waals surface area contributed by atoms with Crippen molar-refractivity contribution in [2.45, 2.75) is 31.2 Å². The number of pyridine rings is 1. The van der Waals surface area contributed by atoms with Crippen molar-refractivity contribution in [2.24, 2.45) is 0 Å². The summed E-state index contributed by atoms with van der Waals surface area (Å²) in [7, 11) is -0.881. The van der Waals surface area contributed by atoms with Crippen molar-refractivity contribution in [1.82, 2.24) is 8.87 Å². The highest BCUT2D eigenvalue weighted by Crippen LogP contribution is 2.23. The maximum atomic E-state index is 12.4. The summed E-state index contributed by atoms with van der Waals surface area (Å²) in [5.41, 5.74) is 1.21. The Bertz CT molecular complexity index is 962. The fourth-order valence-electron chi connectivity index (χ4n) is 2.46. The number of hydrogen-bond acceptors (Lipinski definition) is 4. The Morgan fingerprint density at radius 1 is 1.15 bits per heavy atom. The van der Waals surface area contributed by atoms with Crippen LogP contribution in [-0.2, 0) is 21.4 Å². The SMILES string of the molecule is CC(C)c1ccccc1NC(=O)Cn1cc(S(=O)(=O)N(C)C)ccc1=O. The molecule has 7 nitrogen and oxygen atoms in total. The van der Waals surface area contributed by atoms with Crippen molar-refractivity contribution in [3.05, 3.63) is 58.5 Å². The molecule has 26 heavy (non-hydrogen) atoms. The van der Waals surface area contributed by atoms with E-state index in [1.165, 1.54) is 26.4 Å². The van der Waals surface area contributed by atoms with Gasteiger partial charge in [-0.3, -0.25) is 9.59 Å². The van der Waals surface area contributed by atoms with Crippen molar-refractivity contribution in [3.8, 4) is 0 Å². The summed E-state index contributed by atoms with van der Waals surface area (Å²) in [4.78, 5) is 24.3. The van der Waals surface area contributed by atoms with Gasteiger partial charge in [-0.05, 0) is 23.6 Å². The molecule has 0 saturated carbocycles. The lowest BCUT2D eigenvalue weighted by molar-refractivity contribution is -0.116. The monoisotopic (exact) mass is 377 g/mol. The normalized spacial score (nSPS) is 11.8. The van der Waals surface area contributed by atoms with Gasteiger partial charge in [0.15, 0.2) is 0 Å². The molecule has 0 aliphatic carbocycles. The number of hydrogen-bond donors (Lipinski definition) is 1. The number of anilines is 1. The van der Waals surface area contributed by atoms with Crippen LogP contribution in [0.1, 0.15) is 25.3 Å². The summed E-state index contributed by atoms with van der Waals surface area (Å²) >= 11 is 0. The van der Waals surface area contributed by atoms with Crippen LogP contribution in [0.15, 0.2) is 52.3 Å². The molecule has 0 fully saturated rings. The van der Waals surface area contributed by atoms with E-state index in [1.54, 1.807) is 6.07 Å². The lowest BCUT2D eigenvalue weighted by Gasteiger charge is -2.15. The second-order valence-corrected chi connectivity index (χ2v) is 8.56. The second kappa shape index (κ2) is 7.84. The minimum atomic E-state index is -3.69. The molecule has 1 amide bonds. The van der Waals surface area contributed by atoms with Crippen LogP contribution in [0.5, 0.6) is 0 Å². The average Bonchev–Trinajstić information content (AvgIpc) is 2.56. The van der Waals surface area contributed by atoms with E-state index >= 15 is 0 Å². The Kier molecular flexibility index (Phi) is 5.99. The lowest BCUT2D eigenvalue weighted by Crippen LogP contribution is -2.29. The molecule has 0 aliphatic heterocycles. The van der Waals surface area contributed by atoms with Crippen molar-refractivity contribution in [3.63, 3.8) is 0 Å². The summed E-state index contributed by atoms with van der Waals surface area (Å²) in [6.45, 7) is 3.76. The molecule has 1 N–H and O–H groups in total. The van der Waals surface area contributed by atoms with E-state index < -0.39 is 21.5 Å². The molecule has 0 radical (unpaired) electrons. The molecular weight excluding hydrogens is 354 g/mol. The highest BCUT2D eigenvalue weighted by molar-refractivity contribution is 7.89. The number of aromatic nitrogens is 1. The summed E-state index contributed by atoms with van der Waals surface area (Å²) < 4.78 is 26.5. The Balaban J connectivity index is 2.26. The minimum absolute atomic E-state index is 0.0440. The first kappa shape index (κ1) is 19.9. The smallest absolute Gasteiger partial charge is 0.251 e. The number of sulfonamides is 1. The minimum Gasteiger partial charge on any atom is -0.324 e. The van der Waals surface area contributed by atoms with Crippen molar-refractivity contribution < 1.29 is 13.2 Å². The summed E-state index contributed by atoms with van der Waals surface area (Å²) in [6.07, 6.45) is 1.19. The van der Waals surface area contributed by atoms with Gasteiger partial charge in [-0.25, -0.2) is 12.7 Å². The van der Waals surface area contributed by atoms with Crippen LogP contribution >= 0.6 is 0 Å². The third-order valence-corrected chi connectivity index (χ3v) is 5.70. The highest BCUT2D eigenvalue weighted by atomic mass is 32.2. The molecule has 0 atom stereocenters. The van der Waals surface area contributed by atoms with E-state index in [1.807, 2.05) is 32.0 Å². The number of para-hydroxylation sites is 1. The number of rotatable bonds is 6. The number of amides is 1. The maximum absolute atomic E-state index is 12.4. The zero-order chi connectivity index (χ0) is 19.5. The maximum Gasteiger partial charge on any atom is 0.251 e. The van der Waals surface area contributed by atoms with Gasteiger partial charge in [0.2, 0.25) is 15.9 Å². The first-order chi connectivity index (χ1) is 12.1. The average molecular weight is 377 g/mol. The van der Waals surface area contributed by atoms with Gasteiger partial charge in [0, 0.05) is 32.0 Å². The van der Waals surface area contributed by atoms with Gasteiger partial charge in [-0.1, -0.05) is 32.0 Å². The van der Waals surface area contributed by atoms with Gasteiger partial charge in [-0.2, -0.15) is 0 Å². The first-order valence-electron chi connectivity index (χ1n) is 8.14. The van der Waals surface area contributed by atoms with Gasteiger partial charge in [-0.15, -0.1) is 0 Å². The zero-order valence-corrected chi connectivity index (χ0v) is 16.1. The largest absolute Gasteiger partial charge is 0.324 e. The lowest BCUT2D eigenvalue weighted by atomic mass is 10.0. The predicted octanol–water partition coefficient (Wildman–Crippen LogP) is 1.86. The van der Waals surface area contributed by atoms with Crippen LogP contribution in [0.4, 0.5) is 5.69 Å². The van der Waals surface area contributed by atoms with E-state index in [-0.39, 0.29) is 17.4 Å². The summed E-state index contributed by atoms with van der Waals surface area (Å²) in [6, 6.07) is 9.81. The molecule has 0 bridgehead atoms. The highest BCUT2D eigenvalue weighted by Gasteiger charge is 2.19. The Labute approximate surface area is 153 Å². The van der Waals surface area contributed by atoms with Gasteiger partial charge >= 0.3 is 0 Å². The Hall–Kier alpha value is -2.45. The van der Waals surface area contributed by atoms with Crippen LogP contribution in [0.25, 0.3) is 0 Å². The van der Waals surface area contributed by atoms with E-state index in [0.29, 0.717) is 5.69 Å². The molecular formula is C18H23N3O4S. The summed E-state index contributed by atoms with van der Waals surface area (Å²) in [5.74, 6) is -0.178. The van der Waals surface area contributed by atoms with Crippen LogP contribution < -0.4 is 10.9 Å². The van der Waals surface area contributed by atoms with Crippen LogP contribution in [-0.4, -0.2) is 37.3 Å². The molecule has 0 spiro atoms. The third kappa shape index (κ3) is 4.39. The number of nitrogens with zero attached hydrogens (tertiary/aromatic N) is 2.